The normalized spacial score (nSPS) is 17.0. The van der Waals surface area contributed by atoms with E-state index < -0.39 is 5.92 Å². The molecule has 2 atom stereocenters. The molecule has 0 bridgehead atoms. The van der Waals surface area contributed by atoms with Crippen LogP contribution in [0.1, 0.15) is 24.9 Å². The fourth-order valence-corrected chi connectivity index (χ4v) is 4.28. The zero-order valence-corrected chi connectivity index (χ0v) is 18.3. The van der Waals surface area contributed by atoms with E-state index in [9.17, 15) is 14.4 Å². The summed E-state index contributed by atoms with van der Waals surface area (Å²) in [4.78, 5) is 42.0. The van der Waals surface area contributed by atoms with Crippen LogP contribution in [0.25, 0.3) is 0 Å². The van der Waals surface area contributed by atoms with Crippen molar-refractivity contribution in [2.45, 2.75) is 24.3 Å². The van der Waals surface area contributed by atoms with Crippen LogP contribution in [0.3, 0.4) is 0 Å². The SMILES string of the molecule is CSc1ccccc1NC(=O)CN(C)C(=O)[C@H]1CC(=O)N([C@H](C)c2ccccc2)C1. The molecule has 1 saturated heterocycles. The Hall–Kier alpha value is -2.80. The van der Waals surface area contributed by atoms with Crippen LogP contribution in [-0.2, 0) is 14.4 Å². The molecule has 2 aromatic carbocycles. The van der Waals surface area contributed by atoms with Gasteiger partial charge in [-0.2, -0.15) is 0 Å². The first kappa shape index (κ1) is 21.9. The van der Waals surface area contributed by atoms with E-state index in [0.717, 1.165) is 16.1 Å². The van der Waals surface area contributed by atoms with E-state index in [1.807, 2.05) is 67.8 Å². The van der Waals surface area contributed by atoms with E-state index in [1.165, 1.54) is 4.90 Å². The van der Waals surface area contributed by atoms with Crippen LogP contribution in [-0.4, -0.2) is 53.9 Å². The fourth-order valence-electron chi connectivity index (χ4n) is 3.73. The maximum absolute atomic E-state index is 12.9. The molecule has 0 saturated carbocycles. The number of likely N-dealkylation sites (N-methyl/N-ethyl adjacent to an activating group) is 1. The van der Waals surface area contributed by atoms with Crippen LogP contribution < -0.4 is 5.32 Å². The molecule has 1 heterocycles. The highest BCUT2D eigenvalue weighted by molar-refractivity contribution is 7.98. The molecule has 3 rings (SSSR count). The number of hydrogen-bond acceptors (Lipinski definition) is 4. The molecule has 1 fully saturated rings. The summed E-state index contributed by atoms with van der Waals surface area (Å²) in [5, 5.41) is 2.86. The molecule has 6 nitrogen and oxygen atoms in total. The molecule has 7 heteroatoms. The average molecular weight is 426 g/mol. The standard InChI is InChI=1S/C23H27N3O3S/c1-16(17-9-5-4-6-10-17)26-14-18(13-22(26)28)23(29)25(2)15-21(27)24-19-11-7-8-12-20(19)30-3/h4-12,16,18H,13-15H2,1-3H3,(H,24,27)/t16-,18+/m1/s1. The van der Waals surface area contributed by atoms with Crippen molar-refractivity contribution in [1.82, 2.24) is 9.80 Å². The van der Waals surface area contributed by atoms with E-state index >= 15 is 0 Å². The minimum Gasteiger partial charge on any atom is -0.336 e. The van der Waals surface area contributed by atoms with E-state index in [0.29, 0.717) is 6.54 Å². The number of benzene rings is 2. The highest BCUT2D eigenvalue weighted by Crippen LogP contribution is 2.29. The van der Waals surface area contributed by atoms with Gasteiger partial charge >= 0.3 is 0 Å². The minimum absolute atomic E-state index is 0.0311. The highest BCUT2D eigenvalue weighted by atomic mass is 32.2. The maximum atomic E-state index is 12.9. The molecule has 2 aromatic rings. The molecular weight excluding hydrogens is 398 g/mol. The monoisotopic (exact) mass is 425 g/mol. The van der Waals surface area contributed by atoms with Crippen LogP contribution in [0, 0.1) is 5.92 Å². The van der Waals surface area contributed by atoms with Crippen LogP contribution in [0.15, 0.2) is 59.5 Å². The number of thioether (sulfide) groups is 1. The van der Waals surface area contributed by atoms with Gasteiger partial charge in [-0.05, 0) is 30.9 Å². The van der Waals surface area contributed by atoms with Gasteiger partial charge in [0.15, 0.2) is 0 Å². The number of carbonyl (C=O) groups is 3. The molecule has 0 aromatic heterocycles. The van der Waals surface area contributed by atoms with Crippen molar-refractivity contribution in [2.75, 3.05) is 31.7 Å². The first-order chi connectivity index (χ1) is 14.4. The third-order valence-corrected chi connectivity index (χ3v) is 6.19. The van der Waals surface area contributed by atoms with Crippen LogP contribution >= 0.6 is 11.8 Å². The molecule has 0 unspecified atom stereocenters. The van der Waals surface area contributed by atoms with E-state index in [2.05, 4.69) is 5.32 Å². The summed E-state index contributed by atoms with van der Waals surface area (Å²) in [5.41, 5.74) is 1.77. The number of carbonyl (C=O) groups excluding carboxylic acids is 3. The van der Waals surface area contributed by atoms with Crippen LogP contribution in [0.2, 0.25) is 0 Å². The summed E-state index contributed by atoms with van der Waals surface area (Å²) in [6, 6.07) is 17.2. The van der Waals surface area contributed by atoms with Gasteiger partial charge < -0.3 is 15.1 Å². The van der Waals surface area contributed by atoms with E-state index in [4.69, 9.17) is 0 Å². The van der Waals surface area contributed by atoms with E-state index in [-0.39, 0.29) is 36.7 Å². The second-order valence-corrected chi connectivity index (χ2v) is 8.32. The van der Waals surface area contributed by atoms with Crippen molar-refractivity contribution in [2.24, 2.45) is 5.92 Å². The van der Waals surface area contributed by atoms with Crippen LogP contribution in [0.5, 0.6) is 0 Å². The Bertz CT molecular complexity index is 919. The van der Waals surface area contributed by atoms with Gasteiger partial charge in [-0.15, -0.1) is 11.8 Å². The van der Waals surface area contributed by atoms with Gasteiger partial charge in [0.2, 0.25) is 17.7 Å². The Kier molecular flexibility index (Phi) is 7.15. The zero-order chi connectivity index (χ0) is 21.7. The molecule has 1 aliphatic heterocycles. The molecule has 1 N–H and O–H groups in total. The molecule has 0 spiro atoms. The lowest BCUT2D eigenvalue weighted by Crippen LogP contribution is -2.39. The Morgan fingerprint density at radius 1 is 1.17 bits per heavy atom. The minimum atomic E-state index is -0.431. The van der Waals surface area contributed by atoms with Gasteiger partial charge in [0.05, 0.1) is 24.2 Å². The van der Waals surface area contributed by atoms with Crippen molar-refractivity contribution >= 4 is 35.2 Å². The zero-order valence-electron chi connectivity index (χ0n) is 17.5. The van der Waals surface area contributed by atoms with Crippen molar-refractivity contribution in [1.29, 1.82) is 0 Å². The summed E-state index contributed by atoms with van der Waals surface area (Å²) in [7, 11) is 1.61. The molecule has 158 valence electrons. The molecular formula is C23H27N3O3S. The Morgan fingerprint density at radius 3 is 2.53 bits per heavy atom. The van der Waals surface area contributed by atoms with Gasteiger partial charge in [0, 0.05) is 24.9 Å². The van der Waals surface area contributed by atoms with Gasteiger partial charge in [-0.1, -0.05) is 42.5 Å². The average Bonchev–Trinajstić information content (AvgIpc) is 3.15. The quantitative estimate of drug-likeness (QED) is 0.690. The largest absolute Gasteiger partial charge is 0.336 e. The van der Waals surface area contributed by atoms with Crippen LogP contribution in [0.4, 0.5) is 5.69 Å². The number of anilines is 1. The molecule has 0 aliphatic carbocycles. The molecule has 30 heavy (non-hydrogen) atoms. The third-order valence-electron chi connectivity index (χ3n) is 5.40. The number of likely N-dealkylation sites (tertiary alicyclic amines) is 1. The predicted octanol–water partition coefficient (Wildman–Crippen LogP) is 3.42. The van der Waals surface area contributed by atoms with Gasteiger partial charge in [0.25, 0.3) is 0 Å². The predicted molar refractivity (Wildman–Crippen MR) is 119 cm³/mol. The lowest BCUT2D eigenvalue weighted by atomic mass is 10.1. The summed E-state index contributed by atoms with van der Waals surface area (Å²) in [6.45, 7) is 2.29. The Labute approximate surface area is 181 Å². The van der Waals surface area contributed by atoms with Crippen molar-refractivity contribution in [3.63, 3.8) is 0 Å². The summed E-state index contributed by atoms with van der Waals surface area (Å²) in [5.74, 6) is -0.901. The molecule has 0 radical (unpaired) electrons. The number of para-hydroxylation sites is 1. The summed E-state index contributed by atoms with van der Waals surface area (Å²) >= 11 is 1.55. The van der Waals surface area contributed by atoms with Crippen molar-refractivity contribution in [3.05, 3.63) is 60.2 Å². The van der Waals surface area contributed by atoms with Crippen molar-refractivity contribution in [3.8, 4) is 0 Å². The lowest BCUT2D eigenvalue weighted by molar-refractivity contribution is -0.137. The fraction of sp³-hybridized carbons (Fsp3) is 0.348. The Balaban J connectivity index is 1.58. The maximum Gasteiger partial charge on any atom is 0.244 e. The number of nitrogens with one attached hydrogen (secondary N) is 1. The molecule has 3 amide bonds. The second kappa shape index (κ2) is 9.80. The Morgan fingerprint density at radius 2 is 1.83 bits per heavy atom. The molecule has 1 aliphatic rings. The number of rotatable bonds is 7. The topological polar surface area (TPSA) is 69.7 Å². The number of amides is 3. The lowest BCUT2D eigenvalue weighted by Gasteiger charge is -2.26. The second-order valence-electron chi connectivity index (χ2n) is 7.48. The summed E-state index contributed by atoms with van der Waals surface area (Å²) in [6.07, 6.45) is 2.12. The smallest absolute Gasteiger partial charge is 0.244 e. The van der Waals surface area contributed by atoms with Gasteiger partial charge in [-0.3, -0.25) is 14.4 Å². The third kappa shape index (κ3) is 5.02. The van der Waals surface area contributed by atoms with Gasteiger partial charge in [-0.25, -0.2) is 0 Å². The van der Waals surface area contributed by atoms with E-state index in [1.54, 1.807) is 23.7 Å². The number of nitrogens with zero attached hydrogens (tertiary/aromatic N) is 2. The van der Waals surface area contributed by atoms with Gasteiger partial charge in [0.1, 0.15) is 0 Å². The highest BCUT2D eigenvalue weighted by Gasteiger charge is 2.38. The number of hydrogen-bond donors (Lipinski definition) is 1. The van der Waals surface area contributed by atoms with Crippen molar-refractivity contribution < 1.29 is 14.4 Å². The first-order valence-corrected chi connectivity index (χ1v) is 11.2. The summed E-state index contributed by atoms with van der Waals surface area (Å²) < 4.78 is 0. The first-order valence-electron chi connectivity index (χ1n) is 9.93.